The molecule has 64 heavy (non-hydrogen) atoms. The molecule has 1 aromatic carbocycles. The summed E-state index contributed by atoms with van der Waals surface area (Å²) in [4.78, 5) is 103. The van der Waals surface area contributed by atoms with Gasteiger partial charge in [-0.2, -0.15) is 24.4 Å². The molecule has 1 aromatic rings. The van der Waals surface area contributed by atoms with E-state index >= 15 is 0 Å². The van der Waals surface area contributed by atoms with E-state index in [1.165, 1.54) is 26.0 Å². The van der Waals surface area contributed by atoms with E-state index in [-0.39, 0.29) is 47.4 Å². The van der Waals surface area contributed by atoms with Crippen LogP contribution in [-0.4, -0.2) is 113 Å². The van der Waals surface area contributed by atoms with E-state index in [0.717, 1.165) is 12.2 Å². The molecule has 1 rings (SSSR count). The second-order valence-electron chi connectivity index (χ2n) is 16.2. The molecule has 0 aromatic heterocycles. The zero-order chi connectivity index (χ0) is 50.2. The number of hydrogen-bond acceptors (Lipinski definition) is 11. The van der Waals surface area contributed by atoms with Gasteiger partial charge in [-0.15, -0.1) is 0 Å². The third kappa shape index (κ3) is 28.8. The van der Waals surface area contributed by atoms with Crippen LogP contribution in [0.2, 0.25) is 0 Å². The third-order valence-electron chi connectivity index (χ3n) is 8.81. The quantitative estimate of drug-likeness (QED) is 0.0323. The summed E-state index contributed by atoms with van der Waals surface area (Å²) < 4.78 is 5.76. The van der Waals surface area contributed by atoms with Crippen molar-refractivity contribution in [3.8, 4) is 0 Å². The summed E-state index contributed by atoms with van der Waals surface area (Å²) >= 11 is 6.02. The Morgan fingerprint density at radius 1 is 0.734 bits per heavy atom. The lowest BCUT2D eigenvalue weighted by molar-refractivity contribution is -0.132. The Labute approximate surface area is 394 Å². The van der Waals surface area contributed by atoms with Crippen LogP contribution in [0, 0.1) is 11.8 Å². The maximum atomic E-state index is 13.4. The van der Waals surface area contributed by atoms with Gasteiger partial charge in [-0.25, -0.2) is 0 Å². The van der Waals surface area contributed by atoms with Gasteiger partial charge in [0.25, 0.3) is 5.91 Å². The van der Waals surface area contributed by atoms with Gasteiger partial charge in [-0.1, -0.05) is 74.4 Å². The molecule has 0 bridgehead atoms. The van der Waals surface area contributed by atoms with Gasteiger partial charge in [0, 0.05) is 47.1 Å². The van der Waals surface area contributed by atoms with Crippen molar-refractivity contribution in [3.05, 3.63) is 35.4 Å². The maximum absolute atomic E-state index is 13.4. The minimum absolute atomic E-state index is 0.0691. The molecular weight excluding hydrogens is 857 g/mol. The molecule has 0 aliphatic heterocycles. The lowest BCUT2D eigenvalue weighted by Crippen LogP contribution is -2.54. The number of hydrogen-bond donors (Lipinski definition) is 7. The summed E-state index contributed by atoms with van der Waals surface area (Å²) in [6.07, 6.45) is 0.989. The van der Waals surface area contributed by atoms with Gasteiger partial charge < -0.3 is 36.6 Å². The van der Waals surface area contributed by atoms with Crippen LogP contribution in [0.25, 0.3) is 0 Å². The Hall–Kier alpha value is -3.96. The van der Waals surface area contributed by atoms with Crippen LogP contribution in [0.15, 0.2) is 24.3 Å². The van der Waals surface area contributed by atoms with Crippen LogP contribution in [0.3, 0.4) is 0 Å². The van der Waals surface area contributed by atoms with Crippen LogP contribution in [0.4, 0.5) is 0 Å². The lowest BCUT2D eigenvalue weighted by atomic mass is 9.99. The Kier molecular flexibility index (Phi) is 35.5. The highest BCUT2D eigenvalue weighted by Crippen LogP contribution is 2.18. The number of benzene rings is 1. The van der Waals surface area contributed by atoms with Crippen molar-refractivity contribution in [3.63, 3.8) is 0 Å². The maximum Gasteiger partial charge on any atom is 0.251 e. The molecule has 0 aliphatic carbocycles. The van der Waals surface area contributed by atoms with Crippen molar-refractivity contribution in [1.82, 2.24) is 31.9 Å². The van der Waals surface area contributed by atoms with Crippen molar-refractivity contribution < 1.29 is 43.1 Å². The number of amides is 6. The molecule has 0 saturated heterocycles. The van der Waals surface area contributed by atoms with E-state index in [2.05, 4.69) is 51.5 Å². The number of thiol groups is 1. The van der Waals surface area contributed by atoms with Crippen LogP contribution in [0.5, 0.6) is 0 Å². The second-order valence-corrected chi connectivity index (χ2v) is 17.7. The highest BCUT2D eigenvalue weighted by Gasteiger charge is 2.29. The Bertz CT molecular complexity index is 1570. The molecule has 0 heterocycles. The fourth-order valence-corrected chi connectivity index (χ4v) is 6.71. The molecular formula is C47H84N6O9S2. The molecule has 6 N–H and O–H groups in total. The highest BCUT2D eigenvalue weighted by atomic mass is 32.2. The fraction of sp³-hybridized carbons (Fsp3) is 0.702. The topological polar surface area (TPSA) is 218 Å². The summed E-state index contributed by atoms with van der Waals surface area (Å²) in [5.74, 6) is -2.67. The smallest absolute Gasteiger partial charge is 0.251 e. The number of carbonyl (C=O) groups is 8. The molecule has 15 nitrogen and oxygen atoms in total. The van der Waals surface area contributed by atoms with Crippen molar-refractivity contribution >= 4 is 71.4 Å². The number of ether oxygens (including phenoxy) is 1. The number of nitrogens with one attached hydrogen (secondary N) is 6. The van der Waals surface area contributed by atoms with Gasteiger partial charge >= 0.3 is 0 Å². The SMILES string of the molecule is CC.CC.CC.CCCSCC(CS)C(=O)c1ccc(C(=O)NCC(=O)NC(CCC(=O)NC(C(=O)NC(C)C(C)=O)C(C)C)C(=O)NCC(=O)NC(C)(C)CCOC(C)(C)C)cc1. The van der Waals surface area contributed by atoms with Gasteiger partial charge in [-0.3, -0.25) is 38.4 Å². The standard InChI is InChI=1S/C41H66N6O9S2.3C2H6/c1-11-20-58-24-30(23-57)36(52)28-12-14-29(15-13-28)37(53)42-21-33(50)45-31(16-17-32(49)46-35(25(2)3)39(55)44-26(4)27(5)48)38(54)43-22-34(51)47-41(9,10)18-19-56-40(6,7)8;3*1-2/h12-15,25-26,30-31,35,57H,11,16-24H2,1-10H3,(H,42,53)(H,43,54)(H,44,55)(H,45,50)(H,46,49)(H,47,51);3*1-2H3. The zero-order valence-electron chi connectivity index (χ0n) is 41.8. The minimum atomic E-state index is -1.30. The highest BCUT2D eigenvalue weighted by molar-refractivity contribution is 7.99. The number of rotatable bonds is 26. The number of Topliss-reactive ketones (excluding diaryl/α,β-unsaturated/α-hetero) is 2. The first-order valence-corrected chi connectivity index (χ1v) is 24.5. The average Bonchev–Trinajstić information content (AvgIpc) is 3.25. The predicted molar refractivity (Wildman–Crippen MR) is 264 cm³/mol. The van der Waals surface area contributed by atoms with Crippen molar-refractivity contribution in [2.75, 3.05) is 37.0 Å². The van der Waals surface area contributed by atoms with Crippen LogP contribution in [0.1, 0.15) is 157 Å². The van der Waals surface area contributed by atoms with E-state index in [4.69, 9.17) is 4.74 Å². The van der Waals surface area contributed by atoms with Crippen molar-refractivity contribution in [2.24, 2.45) is 11.8 Å². The zero-order valence-corrected chi connectivity index (χ0v) is 43.5. The molecule has 0 fully saturated rings. The predicted octanol–water partition coefficient (Wildman–Crippen LogP) is 6.08. The molecule has 17 heteroatoms. The lowest BCUT2D eigenvalue weighted by Gasteiger charge is -2.28. The molecule has 6 amide bonds. The Morgan fingerprint density at radius 3 is 1.78 bits per heavy atom. The summed E-state index contributed by atoms with van der Waals surface area (Å²) in [5.41, 5.74) is -0.352. The fourth-order valence-electron chi connectivity index (χ4n) is 5.23. The second kappa shape index (κ2) is 35.3. The molecule has 0 aliphatic rings. The number of thioether (sulfide) groups is 1. The van der Waals surface area contributed by atoms with Crippen LogP contribution in [-0.2, 0) is 33.5 Å². The van der Waals surface area contributed by atoms with E-state index in [0.29, 0.717) is 30.1 Å². The molecule has 0 radical (unpaired) electrons. The Morgan fingerprint density at radius 2 is 1.28 bits per heavy atom. The molecule has 0 spiro atoms. The summed E-state index contributed by atoms with van der Waals surface area (Å²) in [6.45, 7) is 29.2. The van der Waals surface area contributed by atoms with Gasteiger partial charge in [-0.05, 0) is 91.5 Å². The minimum Gasteiger partial charge on any atom is -0.376 e. The molecule has 4 atom stereocenters. The third-order valence-corrected chi connectivity index (χ3v) is 10.6. The van der Waals surface area contributed by atoms with Crippen LogP contribution < -0.4 is 31.9 Å². The van der Waals surface area contributed by atoms with E-state index in [1.54, 1.807) is 37.7 Å². The number of carbonyl (C=O) groups excluding carboxylic acids is 8. The first-order valence-electron chi connectivity index (χ1n) is 22.7. The first-order chi connectivity index (χ1) is 30.0. The van der Waals surface area contributed by atoms with E-state index < -0.39 is 72.2 Å². The summed E-state index contributed by atoms with van der Waals surface area (Å²) in [7, 11) is 0. The normalized spacial score (nSPS) is 12.7. The van der Waals surface area contributed by atoms with Crippen LogP contribution >= 0.6 is 24.4 Å². The monoisotopic (exact) mass is 941 g/mol. The molecule has 368 valence electrons. The van der Waals surface area contributed by atoms with Gasteiger partial charge in [0.1, 0.15) is 12.1 Å². The molecule has 4 unspecified atom stereocenters. The summed E-state index contributed by atoms with van der Waals surface area (Å²) in [6, 6.07) is 3.04. The van der Waals surface area contributed by atoms with Crippen molar-refractivity contribution in [2.45, 2.75) is 166 Å². The van der Waals surface area contributed by atoms with E-state index in [1.807, 2.05) is 76.2 Å². The summed E-state index contributed by atoms with van der Waals surface area (Å²) in [5, 5.41) is 15.6. The average molecular weight is 941 g/mol. The van der Waals surface area contributed by atoms with Gasteiger partial charge in [0.15, 0.2) is 11.6 Å². The molecule has 0 saturated carbocycles. The van der Waals surface area contributed by atoms with Gasteiger partial charge in [0.05, 0.1) is 24.7 Å². The first kappa shape index (κ1) is 64.3. The largest absolute Gasteiger partial charge is 0.376 e. The van der Waals surface area contributed by atoms with E-state index in [9.17, 15) is 38.4 Å². The Balaban J connectivity index is -0.00000593. The number of ketones is 2. The van der Waals surface area contributed by atoms with Crippen molar-refractivity contribution in [1.29, 1.82) is 0 Å². The van der Waals surface area contributed by atoms with Gasteiger partial charge in [0.2, 0.25) is 29.5 Å².